The Balaban J connectivity index is 1.26. The molecule has 7 atom stereocenters. The fourth-order valence-corrected chi connectivity index (χ4v) is 7.42. The molecule has 20 nitrogen and oxygen atoms in total. The van der Waals surface area contributed by atoms with Crippen LogP contribution in [0.2, 0.25) is 0 Å². The van der Waals surface area contributed by atoms with Crippen molar-refractivity contribution in [2.75, 3.05) is 31.3 Å². The minimum atomic E-state index is -5.15. The van der Waals surface area contributed by atoms with Crippen LogP contribution in [0.5, 0.6) is 0 Å². The van der Waals surface area contributed by atoms with Gasteiger partial charge in [-0.25, -0.2) is 19.5 Å². The largest absolute Gasteiger partial charge is 0.474 e. The Labute approximate surface area is 236 Å². The molecule has 2 aliphatic heterocycles. The number of phosphoric acid groups is 1. The Morgan fingerprint density at radius 1 is 1.14 bits per heavy atom. The minimum Gasteiger partial charge on any atom is -0.395 e. The Hall–Kier alpha value is -3.24. The number of aliphatic hydroxyl groups excluding tert-OH is 3. The van der Waals surface area contributed by atoms with E-state index in [0.29, 0.717) is 0 Å². The summed E-state index contributed by atoms with van der Waals surface area (Å²) in [7, 11) is -5.15. The molecule has 0 spiro atoms. The number of rotatable bonds is 8. The summed E-state index contributed by atoms with van der Waals surface area (Å²) in [4.78, 5) is 55.5. The third kappa shape index (κ3) is 4.45. The summed E-state index contributed by atoms with van der Waals surface area (Å²) in [5, 5.41) is 42.1. The first-order valence-electron chi connectivity index (χ1n) is 12.2. The molecular formula is C20H24N9O11PS. The van der Waals surface area contributed by atoms with Gasteiger partial charge in [-0.15, -0.1) is 11.8 Å². The van der Waals surface area contributed by atoms with Crippen LogP contribution in [0.4, 0.5) is 5.95 Å². The van der Waals surface area contributed by atoms with E-state index in [1.807, 2.05) is 0 Å². The predicted molar refractivity (Wildman–Crippen MR) is 141 cm³/mol. The van der Waals surface area contributed by atoms with Crippen molar-refractivity contribution in [1.29, 1.82) is 0 Å². The van der Waals surface area contributed by atoms with Crippen LogP contribution in [0.15, 0.2) is 28.6 Å². The van der Waals surface area contributed by atoms with Gasteiger partial charge in [-0.3, -0.25) is 32.8 Å². The van der Waals surface area contributed by atoms with Gasteiger partial charge in [0.1, 0.15) is 18.3 Å². The molecule has 22 heteroatoms. The number of fused-ring (bicyclic) bond motifs is 2. The SMILES string of the molecule is Nc1nc2c(ncn2[C@]2(OP(=O)(O)OC[C@H]3OC[C@@](O)(n4cnc5c(=O)[nH]cnc54)[C@@H]3O)CS[C@H](CO)[C@H]2O)c(=O)[nH]1. The number of hydrogen-bond acceptors (Lipinski definition) is 16. The van der Waals surface area contributed by atoms with E-state index in [4.69, 9.17) is 19.5 Å². The summed E-state index contributed by atoms with van der Waals surface area (Å²) in [5.41, 5.74) is -0.429. The zero-order valence-electron chi connectivity index (χ0n) is 21.2. The van der Waals surface area contributed by atoms with Gasteiger partial charge in [0.2, 0.25) is 5.95 Å². The molecule has 0 bridgehead atoms. The zero-order valence-corrected chi connectivity index (χ0v) is 22.9. The number of thioether (sulfide) groups is 1. The number of ether oxygens (including phenoxy) is 1. The zero-order chi connectivity index (χ0) is 30.0. The third-order valence-corrected chi connectivity index (χ3v) is 9.54. The van der Waals surface area contributed by atoms with Crippen molar-refractivity contribution in [3.8, 4) is 0 Å². The fourth-order valence-electron chi connectivity index (χ4n) is 4.96. The molecule has 0 aromatic carbocycles. The van der Waals surface area contributed by atoms with Crippen LogP contribution in [0.25, 0.3) is 22.3 Å². The number of hydrogen-bond donors (Lipinski definition) is 8. The Morgan fingerprint density at radius 2 is 1.86 bits per heavy atom. The summed E-state index contributed by atoms with van der Waals surface area (Å²) in [6, 6.07) is 0. The van der Waals surface area contributed by atoms with E-state index >= 15 is 0 Å². The molecule has 9 N–H and O–H groups in total. The van der Waals surface area contributed by atoms with Crippen LogP contribution in [0.1, 0.15) is 0 Å². The van der Waals surface area contributed by atoms with E-state index < -0.39 is 73.8 Å². The van der Waals surface area contributed by atoms with Crippen LogP contribution >= 0.6 is 19.6 Å². The van der Waals surface area contributed by atoms with E-state index in [2.05, 4.69) is 29.9 Å². The van der Waals surface area contributed by atoms with Crippen molar-refractivity contribution < 1.29 is 43.7 Å². The maximum Gasteiger partial charge on any atom is 0.474 e. The lowest BCUT2D eigenvalue weighted by molar-refractivity contribution is -0.116. The smallest absolute Gasteiger partial charge is 0.395 e. The van der Waals surface area contributed by atoms with Gasteiger partial charge in [-0.05, 0) is 0 Å². The molecule has 226 valence electrons. The molecule has 2 fully saturated rings. The normalized spacial score (nSPS) is 31.3. The van der Waals surface area contributed by atoms with Gasteiger partial charge in [-0.2, -0.15) is 4.98 Å². The van der Waals surface area contributed by atoms with Gasteiger partial charge in [0, 0.05) is 5.75 Å². The van der Waals surface area contributed by atoms with Crippen LogP contribution in [0, 0.1) is 0 Å². The highest BCUT2D eigenvalue weighted by Crippen LogP contribution is 2.55. The second-order valence-electron chi connectivity index (χ2n) is 9.61. The second kappa shape index (κ2) is 10.2. The Morgan fingerprint density at radius 3 is 2.57 bits per heavy atom. The lowest BCUT2D eigenvalue weighted by Gasteiger charge is -2.35. The number of phosphoric ester groups is 1. The first kappa shape index (κ1) is 28.9. The highest BCUT2D eigenvalue weighted by atomic mass is 32.2. The molecule has 0 aliphatic carbocycles. The van der Waals surface area contributed by atoms with Crippen molar-refractivity contribution in [3.05, 3.63) is 39.7 Å². The number of anilines is 1. The number of nitrogens with two attached hydrogens (primary N) is 1. The van der Waals surface area contributed by atoms with E-state index in [0.717, 1.165) is 39.9 Å². The van der Waals surface area contributed by atoms with Gasteiger partial charge in [0.05, 0.1) is 44.1 Å². The highest BCUT2D eigenvalue weighted by molar-refractivity contribution is 8.00. The third-order valence-electron chi connectivity index (χ3n) is 7.10. The fraction of sp³-hybridized carbons (Fsp3) is 0.500. The minimum absolute atomic E-state index is 0.0460. The van der Waals surface area contributed by atoms with Gasteiger partial charge < -0.3 is 40.8 Å². The summed E-state index contributed by atoms with van der Waals surface area (Å²) in [6.45, 7) is -1.84. The first-order valence-corrected chi connectivity index (χ1v) is 14.7. The van der Waals surface area contributed by atoms with Gasteiger partial charge in [0.25, 0.3) is 11.1 Å². The Bertz CT molecular complexity index is 1830. The molecule has 6 heterocycles. The number of nitrogens with zero attached hydrogens (tertiary/aromatic N) is 6. The Kier molecular flexibility index (Phi) is 7.00. The number of imidazole rings is 2. The topological polar surface area (TPSA) is 299 Å². The van der Waals surface area contributed by atoms with Gasteiger partial charge in [-0.1, -0.05) is 0 Å². The van der Waals surface area contributed by atoms with Crippen LogP contribution < -0.4 is 16.9 Å². The molecule has 1 unspecified atom stereocenters. The summed E-state index contributed by atoms with van der Waals surface area (Å²) >= 11 is 1.01. The summed E-state index contributed by atoms with van der Waals surface area (Å²) < 4.78 is 31.5. The molecule has 4 aromatic rings. The average molecular weight is 630 g/mol. The molecule has 4 aromatic heterocycles. The molecule has 6 rings (SSSR count). The molecule has 0 amide bonds. The number of H-pyrrole nitrogens is 2. The maximum atomic E-state index is 13.3. The van der Waals surface area contributed by atoms with Crippen LogP contribution in [0.3, 0.4) is 0 Å². The van der Waals surface area contributed by atoms with E-state index in [-0.39, 0.29) is 34.0 Å². The van der Waals surface area contributed by atoms with Crippen molar-refractivity contribution in [3.63, 3.8) is 0 Å². The molecule has 0 saturated carbocycles. The lowest BCUT2D eigenvalue weighted by Crippen LogP contribution is -2.49. The lowest BCUT2D eigenvalue weighted by atomic mass is 10.1. The highest BCUT2D eigenvalue weighted by Gasteiger charge is 2.57. The number of aromatic amines is 2. The maximum absolute atomic E-state index is 13.3. The molecule has 2 aliphatic rings. The second-order valence-corrected chi connectivity index (χ2v) is 12.2. The van der Waals surface area contributed by atoms with Gasteiger partial charge in [0.15, 0.2) is 33.8 Å². The quantitative estimate of drug-likeness (QED) is 0.0876. The van der Waals surface area contributed by atoms with Gasteiger partial charge >= 0.3 is 7.82 Å². The summed E-state index contributed by atoms with van der Waals surface area (Å²) in [6.07, 6.45) is -1.52. The number of aromatic nitrogens is 8. The summed E-state index contributed by atoms with van der Waals surface area (Å²) in [5.74, 6) is -0.507. The molecule has 42 heavy (non-hydrogen) atoms. The van der Waals surface area contributed by atoms with Crippen molar-refractivity contribution in [1.82, 2.24) is 39.0 Å². The van der Waals surface area contributed by atoms with E-state index in [1.165, 1.54) is 0 Å². The molecular weight excluding hydrogens is 605 g/mol. The average Bonchev–Trinajstić information content (AvgIpc) is 3.70. The number of aliphatic hydroxyl groups is 4. The number of nitrogens with one attached hydrogen (secondary N) is 2. The molecule has 2 saturated heterocycles. The van der Waals surface area contributed by atoms with E-state index in [9.17, 15) is 39.5 Å². The number of nitrogen functional groups attached to an aromatic ring is 1. The van der Waals surface area contributed by atoms with Crippen molar-refractivity contribution in [2.24, 2.45) is 0 Å². The standard InChI is InChI=1S/C20H24N9O11PS/c21-18-26-15-11(17(34)27-18)25-7-29(15)20(4-42-9(1-30)13(20)32)40-41(36,37)39-2-8-12(31)19(35,3-38-8)28-6-24-10-14(28)22-5-23-16(10)33/h5-9,12-13,30-32,35H,1-4H2,(H,36,37)(H,22,23,33)(H3,21,26,27,34)/t8-,9-,12-,13-,19+,20+/m1/s1. The predicted octanol–water partition coefficient (Wildman–Crippen LogP) is -3.51. The van der Waals surface area contributed by atoms with Crippen molar-refractivity contribution in [2.45, 2.75) is 35.0 Å². The monoisotopic (exact) mass is 629 g/mol. The molecule has 0 radical (unpaired) electrons. The van der Waals surface area contributed by atoms with Crippen molar-refractivity contribution >= 4 is 47.9 Å². The van der Waals surface area contributed by atoms with Crippen LogP contribution in [-0.2, 0) is 29.8 Å². The van der Waals surface area contributed by atoms with Crippen LogP contribution in [-0.4, -0.2) is 113 Å². The van der Waals surface area contributed by atoms with E-state index in [1.54, 1.807) is 0 Å². The first-order chi connectivity index (χ1) is 19.9.